The van der Waals surface area contributed by atoms with Gasteiger partial charge in [-0.3, -0.25) is 4.79 Å². The van der Waals surface area contributed by atoms with E-state index in [2.05, 4.69) is 16.4 Å². The van der Waals surface area contributed by atoms with Gasteiger partial charge >= 0.3 is 5.97 Å². The Morgan fingerprint density at radius 2 is 2.00 bits per heavy atom. The first kappa shape index (κ1) is 16.4. The molecule has 112 valence electrons. The van der Waals surface area contributed by atoms with E-state index < -0.39 is 10.0 Å². The molecule has 0 aromatic carbocycles. The maximum atomic E-state index is 11.8. The highest BCUT2D eigenvalue weighted by Gasteiger charge is 2.28. The lowest BCUT2D eigenvalue weighted by Crippen LogP contribution is -2.40. The number of hydrogen-bond donors (Lipinski definition) is 1. The van der Waals surface area contributed by atoms with Gasteiger partial charge < -0.3 is 9.47 Å². The van der Waals surface area contributed by atoms with E-state index in [-0.39, 0.29) is 30.0 Å². The van der Waals surface area contributed by atoms with E-state index in [4.69, 9.17) is 4.74 Å². The molecule has 1 heterocycles. The second-order valence-corrected chi connectivity index (χ2v) is 7.17. The molecule has 1 fully saturated rings. The molecular formula is C12H23NO5S. The minimum Gasteiger partial charge on any atom is -0.469 e. The van der Waals surface area contributed by atoms with Crippen LogP contribution in [0.5, 0.6) is 0 Å². The zero-order chi connectivity index (χ0) is 14.4. The second-order valence-electron chi connectivity index (χ2n) is 5.24. The van der Waals surface area contributed by atoms with Crippen LogP contribution in [0.4, 0.5) is 0 Å². The van der Waals surface area contributed by atoms with Crippen molar-refractivity contribution in [3.63, 3.8) is 0 Å². The molecule has 19 heavy (non-hydrogen) atoms. The van der Waals surface area contributed by atoms with Crippen molar-refractivity contribution < 1.29 is 22.7 Å². The summed E-state index contributed by atoms with van der Waals surface area (Å²) in [4.78, 5) is 10.9. The normalized spacial score (nSPS) is 19.1. The third kappa shape index (κ3) is 6.35. The molecule has 1 aliphatic rings. The van der Waals surface area contributed by atoms with Crippen molar-refractivity contribution in [1.29, 1.82) is 0 Å². The van der Waals surface area contributed by atoms with E-state index in [1.54, 1.807) is 0 Å². The van der Waals surface area contributed by atoms with Crippen LogP contribution >= 0.6 is 0 Å². The van der Waals surface area contributed by atoms with Crippen LogP contribution in [0.1, 0.15) is 32.6 Å². The van der Waals surface area contributed by atoms with Gasteiger partial charge in [-0.05, 0) is 24.7 Å². The largest absolute Gasteiger partial charge is 0.469 e. The first-order chi connectivity index (χ1) is 8.87. The van der Waals surface area contributed by atoms with Gasteiger partial charge in [0, 0.05) is 26.2 Å². The average molecular weight is 293 g/mol. The lowest BCUT2D eigenvalue weighted by Gasteiger charge is -2.33. The van der Waals surface area contributed by atoms with E-state index in [1.165, 1.54) is 7.11 Å². The molecule has 0 aromatic rings. The predicted molar refractivity (Wildman–Crippen MR) is 71.2 cm³/mol. The Bertz CT molecular complexity index is 387. The third-order valence-corrected chi connectivity index (χ3v) is 4.85. The molecule has 0 spiro atoms. The molecule has 0 bridgehead atoms. The number of esters is 1. The van der Waals surface area contributed by atoms with E-state index in [9.17, 15) is 13.2 Å². The summed E-state index contributed by atoms with van der Waals surface area (Å²) >= 11 is 0. The van der Waals surface area contributed by atoms with E-state index in [0.717, 1.165) is 12.8 Å². The number of rotatable bonds is 7. The van der Waals surface area contributed by atoms with E-state index >= 15 is 0 Å². The van der Waals surface area contributed by atoms with Crippen molar-refractivity contribution >= 4 is 16.0 Å². The maximum Gasteiger partial charge on any atom is 0.305 e. The van der Waals surface area contributed by atoms with Crippen LogP contribution in [-0.4, -0.2) is 47.0 Å². The molecule has 1 rings (SSSR count). The Balaban J connectivity index is 2.31. The molecule has 7 heteroatoms. The second kappa shape index (κ2) is 7.21. The number of methoxy groups -OCH3 is 1. The third-order valence-electron chi connectivity index (χ3n) is 3.44. The van der Waals surface area contributed by atoms with E-state index in [1.807, 2.05) is 0 Å². The summed E-state index contributed by atoms with van der Waals surface area (Å²) in [7, 11) is -2.03. The van der Waals surface area contributed by atoms with Crippen LogP contribution in [0.25, 0.3) is 0 Å². The van der Waals surface area contributed by atoms with Gasteiger partial charge in [-0.15, -0.1) is 0 Å². The monoisotopic (exact) mass is 293 g/mol. The lowest BCUT2D eigenvalue weighted by molar-refractivity contribution is -0.140. The van der Waals surface area contributed by atoms with Gasteiger partial charge in [-0.2, -0.15) is 0 Å². The minimum atomic E-state index is -3.32. The van der Waals surface area contributed by atoms with Gasteiger partial charge in [0.05, 0.1) is 12.9 Å². The first-order valence-electron chi connectivity index (χ1n) is 6.49. The summed E-state index contributed by atoms with van der Waals surface area (Å²) in [5.41, 5.74) is -0.0341. The zero-order valence-electron chi connectivity index (χ0n) is 11.6. The number of sulfonamides is 1. The number of hydrogen-bond acceptors (Lipinski definition) is 5. The first-order valence-corrected chi connectivity index (χ1v) is 8.14. The summed E-state index contributed by atoms with van der Waals surface area (Å²) in [5.74, 6) is -0.430. The summed E-state index contributed by atoms with van der Waals surface area (Å²) in [6, 6.07) is 0. The molecule has 1 aliphatic heterocycles. The fraction of sp³-hybridized carbons (Fsp3) is 0.917. The van der Waals surface area contributed by atoms with Crippen molar-refractivity contribution in [2.24, 2.45) is 5.41 Å². The molecule has 6 nitrogen and oxygen atoms in total. The van der Waals surface area contributed by atoms with Crippen molar-refractivity contribution in [3.05, 3.63) is 0 Å². The number of nitrogens with one attached hydrogen (secondary N) is 1. The Labute approximate surface area is 114 Å². The number of ether oxygens (including phenoxy) is 2. The van der Waals surface area contributed by atoms with Gasteiger partial charge in [0.25, 0.3) is 0 Å². The molecule has 0 aromatic heterocycles. The molecule has 1 saturated heterocycles. The van der Waals surface area contributed by atoms with Crippen LogP contribution in [0, 0.1) is 5.41 Å². The van der Waals surface area contributed by atoms with Gasteiger partial charge in [0.1, 0.15) is 0 Å². The van der Waals surface area contributed by atoms with E-state index in [0.29, 0.717) is 19.8 Å². The van der Waals surface area contributed by atoms with Crippen molar-refractivity contribution in [3.8, 4) is 0 Å². The predicted octanol–water partition coefficient (Wildman–Crippen LogP) is 0.676. The molecule has 0 aliphatic carbocycles. The fourth-order valence-electron chi connectivity index (χ4n) is 1.91. The maximum absolute atomic E-state index is 11.8. The van der Waals surface area contributed by atoms with Gasteiger partial charge in [-0.1, -0.05) is 6.92 Å². The van der Waals surface area contributed by atoms with Crippen LogP contribution in [-0.2, 0) is 24.3 Å². The highest BCUT2D eigenvalue weighted by atomic mass is 32.2. The van der Waals surface area contributed by atoms with Crippen LogP contribution in [0.3, 0.4) is 0 Å². The SMILES string of the molecule is COC(=O)CCCS(=O)(=O)NCC1(C)CCOCC1. The van der Waals surface area contributed by atoms with Crippen molar-refractivity contribution in [2.75, 3.05) is 32.6 Å². The van der Waals surface area contributed by atoms with Crippen molar-refractivity contribution in [2.45, 2.75) is 32.6 Å². The molecule has 0 atom stereocenters. The lowest BCUT2D eigenvalue weighted by atomic mass is 9.83. The molecule has 0 saturated carbocycles. The average Bonchev–Trinajstić information content (AvgIpc) is 2.37. The highest BCUT2D eigenvalue weighted by Crippen LogP contribution is 2.28. The summed E-state index contributed by atoms with van der Waals surface area (Å²) < 4.78 is 35.9. The van der Waals surface area contributed by atoms with Crippen LogP contribution in [0.2, 0.25) is 0 Å². The summed E-state index contributed by atoms with van der Waals surface area (Å²) in [6.45, 7) is 3.85. The van der Waals surface area contributed by atoms with Crippen molar-refractivity contribution in [1.82, 2.24) is 4.72 Å². The molecular weight excluding hydrogens is 270 g/mol. The number of carbonyl (C=O) groups excluding carboxylic acids is 1. The van der Waals surface area contributed by atoms with Crippen LogP contribution in [0.15, 0.2) is 0 Å². The molecule has 0 amide bonds. The molecule has 1 N–H and O–H groups in total. The highest BCUT2D eigenvalue weighted by molar-refractivity contribution is 7.89. The Hall–Kier alpha value is -0.660. The van der Waals surface area contributed by atoms with Gasteiger partial charge in [0.15, 0.2) is 0 Å². The standard InChI is InChI=1S/C12H23NO5S/c1-12(5-7-18-8-6-12)10-13-19(15,16)9-3-4-11(14)17-2/h13H,3-10H2,1-2H3. The topological polar surface area (TPSA) is 81.7 Å². The quantitative estimate of drug-likeness (QED) is 0.698. The summed E-state index contributed by atoms with van der Waals surface area (Å²) in [6.07, 6.45) is 2.12. The summed E-state index contributed by atoms with van der Waals surface area (Å²) in [5, 5.41) is 0. The fourth-order valence-corrected chi connectivity index (χ4v) is 3.14. The zero-order valence-corrected chi connectivity index (χ0v) is 12.4. The number of carbonyl (C=O) groups is 1. The van der Waals surface area contributed by atoms with Gasteiger partial charge in [0.2, 0.25) is 10.0 Å². The molecule has 0 radical (unpaired) electrons. The Kier molecular flexibility index (Phi) is 6.22. The minimum absolute atomic E-state index is 0.0341. The smallest absolute Gasteiger partial charge is 0.305 e. The van der Waals surface area contributed by atoms with Crippen LogP contribution < -0.4 is 4.72 Å². The Morgan fingerprint density at radius 1 is 1.37 bits per heavy atom. The molecule has 0 unspecified atom stereocenters. The van der Waals surface area contributed by atoms with Gasteiger partial charge in [-0.25, -0.2) is 13.1 Å². The Morgan fingerprint density at radius 3 is 2.58 bits per heavy atom.